The number of rotatable bonds is 6. The maximum absolute atomic E-state index is 5.33. The third-order valence-corrected chi connectivity index (χ3v) is 2.43. The number of halogens is 1. The van der Waals surface area contributed by atoms with E-state index in [2.05, 4.69) is 43.8 Å². The Balaban J connectivity index is 0.00000256. The standard InChI is InChI=1S/C13H22N2O.ClH/c1-10(2)14-15-11(3)9-12-7-5-6-8-13(12)16-4;/h5-8,10-11,14-15H,9H2,1-4H3;1H. The van der Waals surface area contributed by atoms with E-state index in [9.17, 15) is 0 Å². The minimum Gasteiger partial charge on any atom is -1.00 e. The van der Waals surface area contributed by atoms with Crippen molar-refractivity contribution in [2.75, 3.05) is 7.11 Å². The van der Waals surface area contributed by atoms with Crippen molar-refractivity contribution >= 4 is 0 Å². The van der Waals surface area contributed by atoms with Crippen LogP contribution in [0.25, 0.3) is 0 Å². The minimum absolute atomic E-state index is 0. The van der Waals surface area contributed by atoms with Gasteiger partial charge in [0, 0.05) is 0 Å². The van der Waals surface area contributed by atoms with Gasteiger partial charge >= 0.3 is 0 Å². The fourth-order valence-electron chi connectivity index (χ4n) is 1.62. The monoisotopic (exact) mass is 258 g/mol. The van der Waals surface area contributed by atoms with E-state index in [1.54, 1.807) is 7.11 Å². The van der Waals surface area contributed by atoms with Crippen LogP contribution in [0.1, 0.15) is 26.3 Å². The van der Waals surface area contributed by atoms with E-state index in [1.165, 1.54) is 5.56 Å². The van der Waals surface area contributed by atoms with Crippen molar-refractivity contribution in [3.63, 3.8) is 0 Å². The second kappa shape index (κ2) is 8.34. The van der Waals surface area contributed by atoms with Crippen LogP contribution in [0.3, 0.4) is 0 Å². The zero-order valence-electron chi connectivity index (χ0n) is 11.0. The topological polar surface area (TPSA) is 37.9 Å². The molecule has 0 amide bonds. The van der Waals surface area contributed by atoms with Crippen LogP contribution >= 0.6 is 0 Å². The lowest BCUT2D eigenvalue weighted by atomic mass is 10.1. The maximum Gasteiger partial charge on any atom is 0.122 e. The second-order valence-corrected chi connectivity index (χ2v) is 4.49. The molecule has 3 nitrogen and oxygen atoms in total. The van der Waals surface area contributed by atoms with Crippen LogP contribution in [0.4, 0.5) is 0 Å². The van der Waals surface area contributed by atoms with Crippen molar-refractivity contribution in [3.05, 3.63) is 29.8 Å². The van der Waals surface area contributed by atoms with Crippen LogP contribution in [0.2, 0.25) is 0 Å². The molecule has 0 aliphatic rings. The molecule has 4 heteroatoms. The number of hydrogen-bond acceptors (Lipinski definition) is 2. The number of nitrogens with two attached hydrogens (primary N) is 1. The lowest BCUT2D eigenvalue weighted by molar-refractivity contribution is -0.740. The van der Waals surface area contributed by atoms with E-state index in [1.807, 2.05) is 12.1 Å². The molecule has 0 spiro atoms. The number of nitrogens with one attached hydrogen (secondary N) is 1. The molecule has 0 heterocycles. The van der Waals surface area contributed by atoms with Gasteiger partial charge in [-0.3, -0.25) is 5.43 Å². The third kappa shape index (κ3) is 5.91. The lowest BCUT2D eigenvalue weighted by Gasteiger charge is -2.15. The third-order valence-electron chi connectivity index (χ3n) is 2.43. The van der Waals surface area contributed by atoms with Gasteiger partial charge in [-0.15, -0.1) is 0 Å². The van der Waals surface area contributed by atoms with Gasteiger partial charge < -0.3 is 17.1 Å². The van der Waals surface area contributed by atoms with Gasteiger partial charge in [0.25, 0.3) is 0 Å². The van der Waals surface area contributed by atoms with Gasteiger partial charge in [0.05, 0.1) is 19.2 Å². The molecular weight excluding hydrogens is 236 g/mol. The van der Waals surface area contributed by atoms with Crippen LogP contribution in [0.5, 0.6) is 5.75 Å². The summed E-state index contributed by atoms with van der Waals surface area (Å²) >= 11 is 0. The van der Waals surface area contributed by atoms with Gasteiger partial charge in [-0.1, -0.05) is 18.2 Å². The van der Waals surface area contributed by atoms with Crippen LogP contribution in [-0.2, 0) is 6.42 Å². The Hall–Kier alpha value is -0.770. The smallest absolute Gasteiger partial charge is 0.122 e. The van der Waals surface area contributed by atoms with Gasteiger partial charge in [0.1, 0.15) is 5.75 Å². The highest BCUT2D eigenvalue weighted by Crippen LogP contribution is 2.18. The summed E-state index contributed by atoms with van der Waals surface area (Å²) in [6.45, 7) is 6.52. The number of para-hydroxylation sites is 1. The molecule has 1 aromatic rings. The highest BCUT2D eigenvalue weighted by atomic mass is 35.5. The Morgan fingerprint density at radius 1 is 1.24 bits per heavy atom. The summed E-state index contributed by atoms with van der Waals surface area (Å²) in [4.78, 5) is 0. The van der Waals surface area contributed by atoms with Crippen molar-refractivity contribution < 1.29 is 22.6 Å². The number of benzene rings is 1. The first-order valence-electron chi connectivity index (χ1n) is 5.84. The van der Waals surface area contributed by atoms with Gasteiger partial charge in [-0.25, -0.2) is 0 Å². The number of quaternary nitrogens is 1. The molecule has 3 N–H and O–H groups in total. The fraction of sp³-hybridized carbons (Fsp3) is 0.538. The average Bonchev–Trinajstić information content (AvgIpc) is 2.27. The molecule has 0 saturated heterocycles. The minimum atomic E-state index is 0. The molecule has 0 aliphatic carbocycles. The Bertz CT molecular complexity index is 318. The summed E-state index contributed by atoms with van der Waals surface area (Å²) in [5, 5.41) is 0. The summed E-state index contributed by atoms with van der Waals surface area (Å²) in [6, 6.07) is 9.18. The van der Waals surface area contributed by atoms with Gasteiger partial charge in [0.15, 0.2) is 0 Å². The summed E-state index contributed by atoms with van der Waals surface area (Å²) in [7, 11) is 1.72. The molecule has 0 aromatic heterocycles. The van der Waals surface area contributed by atoms with Gasteiger partial charge in [0.2, 0.25) is 0 Å². The van der Waals surface area contributed by atoms with E-state index >= 15 is 0 Å². The van der Waals surface area contributed by atoms with E-state index in [4.69, 9.17) is 4.74 Å². The zero-order chi connectivity index (χ0) is 12.0. The molecule has 1 unspecified atom stereocenters. The molecule has 1 atom stereocenters. The average molecular weight is 259 g/mol. The Labute approximate surface area is 110 Å². The highest BCUT2D eigenvalue weighted by Gasteiger charge is 2.09. The van der Waals surface area contributed by atoms with Crippen LogP contribution in [0, 0.1) is 0 Å². The molecule has 17 heavy (non-hydrogen) atoms. The molecule has 0 saturated carbocycles. The number of ether oxygens (including phenoxy) is 1. The van der Waals surface area contributed by atoms with Crippen molar-refractivity contribution in [3.8, 4) is 5.75 Å². The second-order valence-electron chi connectivity index (χ2n) is 4.49. The summed E-state index contributed by atoms with van der Waals surface area (Å²) in [5.74, 6) is 0.973. The van der Waals surface area contributed by atoms with E-state index in [0.29, 0.717) is 12.1 Å². The van der Waals surface area contributed by atoms with Crippen molar-refractivity contribution in [2.24, 2.45) is 0 Å². The highest BCUT2D eigenvalue weighted by molar-refractivity contribution is 5.33. The predicted octanol–water partition coefficient (Wildman–Crippen LogP) is -1.89. The zero-order valence-corrected chi connectivity index (χ0v) is 11.8. The molecule has 0 radical (unpaired) electrons. The predicted molar refractivity (Wildman–Crippen MR) is 66.4 cm³/mol. The van der Waals surface area contributed by atoms with Crippen LogP contribution in [0.15, 0.2) is 24.3 Å². The van der Waals surface area contributed by atoms with Crippen LogP contribution < -0.4 is 28.0 Å². The first kappa shape index (κ1) is 16.2. The Morgan fingerprint density at radius 3 is 2.47 bits per heavy atom. The molecule has 1 rings (SSSR count). The maximum atomic E-state index is 5.33. The summed E-state index contributed by atoms with van der Waals surface area (Å²) in [5.41, 5.74) is 6.79. The molecule has 1 aromatic carbocycles. The van der Waals surface area contributed by atoms with Crippen LogP contribution in [-0.4, -0.2) is 19.2 Å². The number of methoxy groups -OCH3 is 1. The number of hydrogen-bond donors (Lipinski definition) is 2. The van der Waals surface area contributed by atoms with E-state index < -0.39 is 0 Å². The van der Waals surface area contributed by atoms with Gasteiger partial charge in [-0.2, -0.15) is 5.43 Å². The van der Waals surface area contributed by atoms with Gasteiger partial charge in [-0.05, 0) is 38.8 Å². The van der Waals surface area contributed by atoms with E-state index in [0.717, 1.165) is 12.2 Å². The van der Waals surface area contributed by atoms with Crippen molar-refractivity contribution in [1.82, 2.24) is 5.43 Å². The SMILES string of the molecule is COc1ccccc1CC(C)N[NH2+]C(C)C.[Cl-]. The van der Waals surface area contributed by atoms with Crippen molar-refractivity contribution in [1.29, 1.82) is 0 Å². The fourth-order valence-corrected chi connectivity index (χ4v) is 1.62. The molecule has 98 valence electrons. The quantitative estimate of drug-likeness (QED) is 0.463. The van der Waals surface area contributed by atoms with Crippen molar-refractivity contribution in [2.45, 2.75) is 39.3 Å². The lowest BCUT2D eigenvalue weighted by Crippen LogP contribution is -3.00. The summed E-state index contributed by atoms with van der Waals surface area (Å²) < 4.78 is 5.33. The molecule has 0 aliphatic heterocycles. The first-order valence-corrected chi connectivity index (χ1v) is 5.84. The molecule has 0 fully saturated rings. The Kier molecular flexibility index (Phi) is 7.96. The van der Waals surface area contributed by atoms with E-state index in [-0.39, 0.29) is 12.4 Å². The normalized spacial score (nSPS) is 12.1. The largest absolute Gasteiger partial charge is 1.00 e. The first-order chi connectivity index (χ1) is 7.63. The molecule has 0 bridgehead atoms. The Morgan fingerprint density at radius 2 is 1.88 bits per heavy atom. The molecular formula is C13H23ClN2O. The summed E-state index contributed by atoms with van der Waals surface area (Å²) in [6.07, 6.45) is 0.979.